The first-order chi connectivity index (χ1) is 12.2. The highest BCUT2D eigenvalue weighted by atomic mass is 16.5. The Balaban J connectivity index is 1.88. The van der Waals surface area contributed by atoms with E-state index in [2.05, 4.69) is 0 Å². The number of benzene rings is 3. The summed E-state index contributed by atoms with van der Waals surface area (Å²) >= 11 is 0. The quantitative estimate of drug-likeness (QED) is 0.558. The molecule has 0 aliphatic heterocycles. The number of nitrogens with two attached hydrogens (primary N) is 1. The van der Waals surface area contributed by atoms with Crippen molar-refractivity contribution >= 4 is 11.7 Å². The predicted molar refractivity (Wildman–Crippen MR) is 98.4 cm³/mol. The summed E-state index contributed by atoms with van der Waals surface area (Å²) in [5.41, 5.74) is 9.47. The van der Waals surface area contributed by atoms with Crippen molar-refractivity contribution in [1.82, 2.24) is 0 Å². The lowest BCUT2D eigenvalue weighted by Crippen LogP contribution is -2.04. The fraction of sp³-hybridized carbons (Fsp3) is 0.0952. The number of nitrogen functional groups attached to an aromatic ring is 1. The molecule has 3 aromatic rings. The molecule has 0 fully saturated rings. The van der Waals surface area contributed by atoms with Crippen molar-refractivity contribution in [2.75, 3.05) is 12.8 Å². The van der Waals surface area contributed by atoms with Crippen LogP contribution in [0.1, 0.15) is 15.9 Å². The van der Waals surface area contributed by atoms with E-state index in [1.54, 1.807) is 12.1 Å². The van der Waals surface area contributed by atoms with Crippen LogP contribution in [0.15, 0.2) is 72.8 Å². The molecule has 0 saturated carbocycles. The molecule has 25 heavy (non-hydrogen) atoms. The van der Waals surface area contributed by atoms with Crippen LogP contribution in [0.2, 0.25) is 0 Å². The minimum Gasteiger partial charge on any atom is -0.489 e. The van der Waals surface area contributed by atoms with E-state index in [4.69, 9.17) is 15.2 Å². The first kappa shape index (κ1) is 16.6. The molecule has 0 saturated heterocycles. The third-order valence-corrected chi connectivity index (χ3v) is 3.84. The Labute approximate surface area is 146 Å². The Morgan fingerprint density at radius 3 is 2.52 bits per heavy atom. The molecule has 3 aromatic carbocycles. The number of anilines is 1. The predicted octanol–water partition coefficient (Wildman–Crippen LogP) is 4.30. The summed E-state index contributed by atoms with van der Waals surface area (Å²) in [4.78, 5) is 12.0. The SMILES string of the molecule is COC(=O)c1cc(N)ccc1-c1cccc(OCc2ccccc2)c1. The summed E-state index contributed by atoms with van der Waals surface area (Å²) in [5.74, 6) is 0.312. The third-order valence-electron chi connectivity index (χ3n) is 3.84. The molecule has 0 aliphatic carbocycles. The molecule has 0 radical (unpaired) electrons. The fourth-order valence-corrected chi connectivity index (χ4v) is 2.59. The molecule has 2 N–H and O–H groups in total. The summed E-state index contributed by atoms with van der Waals surface area (Å²) in [6.07, 6.45) is 0. The summed E-state index contributed by atoms with van der Waals surface area (Å²) in [6.45, 7) is 0.482. The van der Waals surface area contributed by atoms with Crippen LogP contribution in [0, 0.1) is 0 Å². The molecule has 0 aliphatic rings. The fourth-order valence-electron chi connectivity index (χ4n) is 2.59. The molecule has 4 heteroatoms. The number of methoxy groups -OCH3 is 1. The van der Waals surface area contributed by atoms with Crippen LogP contribution in [0.3, 0.4) is 0 Å². The zero-order chi connectivity index (χ0) is 17.6. The monoisotopic (exact) mass is 333 g/mol. The molecule has 0 spiro atoms. The van der Waals surface area contributed by atoms with Gasteiger partial charge in [0, 0.05) is 5.69 Å². The minimum absolute atomic E-state index is 0.419. The lowest BCUT2D eigenvalue weighted by Gasteiger charge is -2.11. The van der Waals surface area contributed by atoms with E-state index in [-0.39, 0.29) is 0 Å². The van der Waals surface area contributed by atoms with Crippen molar-refractivity contribution in [3.63, 3.8) is 0 Å². The first-order valence-corrected chi connectivity index (χ1v) is 7.92. The lowest BCUT2D eigenvalue weighted by molar-refractivity contribution is 0.0601. The average molecular weight is 333 g/mol. The largest absolute Gasteiger partial charge is 0.489 e. The van der Waals surface area contributed by atoms with Gasteiger partial charge in [-0.15, -0.1) is 0 Å². The van der Waals surface area contributed by atoms with E-state index in [1.165, 1.54) is 7.11 Å². The van der Waals surface area contributed by atoms with Crippen molar-refractivity contribution in [2.24, 2.45) is 0 Å². The topological polar surface area (TPSA) is 61.5 Å². The van der Waals surface area contributed by atoms with Crippen molar-refractivity contribution in [2.45, 2.75) is 6.61 Å². The van der Waals surface area contributed by atoms with E-state index in [0.29, 0.717) is 17.9 Å². The second kappa shape index (κ2) is 7.53. The van der Waals surface area contributed by atoms with E-state index < -0.39 is 5.97 Å². The van der Waals surface area contributed by atoms with Crippen LogP contribution in [-0.4, -0.2) is 13.1 Å². The van der Waals surface area contributed by atoms with Crippen LogP contribution in [0.4, 0.5) is 5.69 Å². The van der Waals surface area contributed by atoms with Gasteiger partial charge in [-0.05, 0) is 41.0 Å². The van der Waals surface area contributed by atoms with Gasteiger partial charge in [-0.25, -0.2) is 4.79 Å². The van der Waals surface area contributed by atoms with Crippen molar-refractivity contribution < 1.29 is 14.3 Å². The Morgan fingerprint density at radius 1 is 0.960 bits per heavy atom. The number of ether oxygens (including phenoxy) is 2. The number of hydrogen-bond donors (Lipinski definition) is 1. The highest BCUT2D eigenvalue weighted by Gasteiger charge is 2.14. The molecule has 0 atom stereocenters. The van der Waals surface area contributed by atoms with Gasteiger partial charge in [0.2, 0.25) is 0 Å². The molecule has 0 unspecified atom stereocenters. The standard InChI is InChI=1S/C21H19NO3/c1-24-21(23)20-13-17(22)10-11-19(20)16-8-5-9-18(12-16)25-14-15-6-3-2-4-7-15/h2-13H,14,22H2,1H3. The van der Waals surface area contributed by atoms with Gasteiger partial charge in [0.1, 0.15) is 12.4 Å². The third kappa shape index (κ3) is 3.98. The molecular formula is C21H19NO3. The summed E-state index contributed by atoms with van der Waals surface area (Å²) in [7, 11) is 1.36. The molecule has 0 aromatic heterocycles. The van der Waals surface area contributed by atoms with Gasteiger partial charge in [-0.3, -0.25) is 0 Å². The number of esters is 1. The molecule has 0 amide bonds. The van der Waals surface area contributed by atoms with Gasteiger partial charge >= 0.3 is 5.97 Å². The van der Waals surface area contributed by atoms with Gasteiger partial charge in [0.05, 0.1) is 12.7 Å². The number of rotatable bonds is 5. The minimum atomic E-state index is -0.419. The van der Waals surface area contributed by atoms with Crippen molar-refractivity contribution in [3.8, 4) is 16.9 Å². The number of hydrogen-bond acceptors (Lipinski definition) is 4. The lowest BCUT2D eigenvalue weighted by atomic mass is 9.99. The molecule has 126 valence electrons. The maximum atomic E-state index is 12.0. The van der Waals surface area contributed by atoms with Crippen LogP contribution in [-0.2, 0) is 11.3 Å². The average Bonchev–Trinajstić information content (AvgIpc) is 2.66. The summed E-state index contributed by atoms with van der Waals surface area (Å²) in [6, 6.07) is 22.8. The number of carbonyl (C=O) groups is 1. The van der Waals surface area contributed by atoms with Crippen LogP contribution < -0.4 is 10.5 Å². The molecule has 4 nitrogen and oxygen atoms in total. The van der Waals surface area contributed by atoms with Gasteiger partial charge in [-0.1, -0.05) is 48.5 Å². The Kier molecular flexibility index (Phi) is 5.00. The van der Waals surface area contributed by atoms with E-state index >= 15 is 0 Å². The Hall–Kier alpha value is -3.27. The first-order valence-electron chi connectivity index (χ1n) is 7.92. The zero-order valence-corrected chi connectivity index (χ0v) is 13.9. The Morgan fingerprint density at radius 2 is 1.76 bits per heavy atom. The van der Waals surface area contributed by atoms with Crippen LogP contribution >= 0.6 is 0 Å². The highest BCUT2D eigenvalue weighted by Crippen LogP contribution is 2.29. The smallest absolute Gasteiger partial charge is 0.338 e. The van der Waals surface area contributed by atoms with E-state index in [0.717, 1.165) is 22.4 Å². The maximum absolute atomic E-state index is 12.0. The zero-order valence-electron chi connectivity index (χ0n) is 13.9. The number of carbonyl (C=O) groups excluding carboxylic acids is 1. The van der Waals surface area contributed by atoms with E-state index in [1.807, 2.05) is 60.7 Å². The van der Waals surface area contributed by atoms with Gasteiger partial charge in [0.15, 0.2) is 0 Å². The van der Waals surface area contributed by atoms with Crippen LogP contribution in [0.5, 0.6) is 5.75 Å². The highest BCUT2D eigenvalue weighted by molar-refractivity contribution is 5.98. The van der Waals surface area contributed by atoms with Crippen molar-refractivity contribution in [1.29, 1.82) is 0 Å². The molecular weight excluding hydrogens is 314 g/mol. The van der Waals surface area contributed by atoms with Crippen molar-refractivity contribution in [3.05, 3.63) is 83.9 Å². The molecule has 3 rings (SSSR count). The summed E-state index contributed by atoms with van der Waals surface area (Å²) in [5, 5.41) is 0. The van der Waals surface area contributed by atoms with Gasteiger partial charge in [0.25, 0.3) is 0 Å². The maximum Gasteiger partial charge on any atom is 0.338 e. The summed E-state index contributed by atoms with van der Waals surface area (Å²) < 4.78 is 10.7. The second-order valence-corrected chi connectivity index (χ2v) is 5.60. The van der Waals surface area contributed by atoms with Gasteiger partial charge < -0.3 is 15.2 Å². The van der Waals surface area contributed by atoms with Gasteiger partial charge in [-0.2, -0.15) is 0 Å². The normalized spacial score (nSPS) is 10.3. The van der Waals surface area contributed by atoms with E-state index in [9.17, 15) is 4.79 Å². The molecule has 0 heterocycles. The molecule has 0 bridgehead atoms. The van der Waals surface area contributed by atoms with Crippen LogP contribution in [0.25, 0.3) is 11.1 Å². The second-order valence-electron chi connectivity index (χ2n) is 5.60. The Bertz CT molecular complexity index is 875.